The van der Waals surface area contributed by atoms with Crippen LogP contribution in [0.25, 0.3) is 0 Å². The van der Waals surface area contributed by atoms with Gasteiger partial charge in [0, 0.05) is 12.8 Å². The molecule has 0 spiro atoms. The van der Waals surface area contributed by atoms with Gasteiger partial charge >= 0.3 is 17.9 Å². The van der Waals surface area contributed by atoms with Crippen molar-refractivity contribution in [2.24, 2.45) is 0 Å². The first kappa shape index (κ1) is 30.7. The fourth-order valence-electron chi connectivity index (χ4n) is 5.62. The zero-order chi connectivity index (χ0) is 28.9. The fraction of sp³-hybridized carbons (Fsp3) is 0.900. The van der Waals surface area contributed by atoms with Crippen molar-refractivity contribution >= 4 is 17.9 Å². The molecule has 0 saturated carbocycles. The van der Waals surface area contributed by atoms with Gasteiger partial charge < -0.3 is 37.9 Å². The lowest BCUT2D eigenvalue weighted by molar-refractivity contribution is -0.167. The summed E-state index contributed by atoms with van der Waals surface area (Å²) in [5.74, 6) is -1.36. The lowest BCUT2D eigenvalue weighted by atomic mass is 10.1. The highest BCUT2D eigenvalue weighted by Crippen LogP contribution is 2.39. The zero-order valence-corrected chi connectivity index (χ0v) is 24.5. The standard InChI is InChI=1S/C30H46O11/c1-4-7-8-9-20-25(39-20)14-30(33)36-17(15-34-28(31)12-26-23(40-26)10-21-18(5-2)37-21)16-35-29(32)13-27-24(41-27)11-22-19(6-3)38-22/h17-27H,4-16H2,1-3H3. The number of hydrogen-bond acceptors (Lipinski definition) is 11. The van der Waals surface area contributed by atoms with Crippen molar-refractivity contribution in [2.45, 2.75) is 159 Å². The van der Waals surface area contributed by atoms with E-state index in [1.54, 1.807) is 0 Å². The molecule has 0 N–H and O–H groups in total. The molecule has 5 aliphatic rings. The first-order valence-electron chi connectivity index (χ1n) is 15.6. The molecular weight excluding hydrogens is 536 g/mol. The van der Waals surface area contributed by atoms with Crippen LogP contribution in [0.4, 0.5) is 0 Å². The van der Waals surface area contributed by atoms with Crippen molar-refractivity contribution in [3.63, 3.8) is 0 Å². The molecule has 10 unspecified atom stereocenters. The molecule has 0 radical (unpaired) electrons. The molecule has 5 fully saturated rings. The Kier molecular flexibility index (Phi) is 10.6. The van der Waals surface area contributed by atoms with Gasteiger partial charge in [-0.05, 0) is 19.3 Å². The van der Waals surface area contributed by atoms with Gasteiger partial charge in [-0.1, -0.05) is 40.0 Å². The lowest BCUT2D eigenvalue weighted by Crippen LogP contribution is -2.31. The van der Waals surface area contributed by atoms with Gasteiger partial charge in [0.15, 0.2) is 6.10 Å². The number of rotatable bonds is 21. The number of carbonyl (C=O) groups is 3. The Morgan fingerprint density at radius 2 is 1.00 bits per heavy atom. The van der Waals surface area contributed by atoms with Crippen LogP contribution in [0.1, 0.15) is 91.4 Å². The summed E-state index contributed by atoms with van der Waals surface area (Å²) >= 11 is 0. The summed E-state index contributed by atoms with van der Waals surface area (Å²) in [6.45, 7) is 5.90. The molecule has 0 amide bonds. The Balaban J connectivity index is 1.01. The van der Waals surface area contributed by atoms with Gasteiger partial charge in [-0.2, -0.15) is 0 Å². The Bertz CT molecular complexity index is 859. The summed E-state index contributed by atoms with van der Waals surface area (Å²) in [5.41, 5.74) is 0. The molecule has 5 saturated heterocycles. The maximum Gasteiger partial charge on any atom is 0.309 e. The molecule has 5 heterocycles. The van der Waals surface area contributed by atoms with Gasteiger partial charge in [0.05, 0.1) is 80.3 Å². The normalized spacial score (nSPS) is 36.7. The molecular formula is C30H46O11. The second kappa shape index (κ2) is 14.1. The van der Waals surface area contributed by atoms with E-state index in [1.807, 2.05) is 0 Å². The van der Waals surface area contributed by atoms with Gasteiger partial charge in [0.2, 0.25) is 0 Å². The van der Waals surface area contributed by atoms with Crippen LogP contribution in [0.3, 0.4) is 0 Å². The van der Waals surface area contributed by atoms with Crippen molar-refractivity contribution in [3.05, 3.63) is 0 Å². The van der Waals surface area contributed by atoms with Gasteiger partial charge in [-0.25, -0.2) is 0 Å². The van der Waals surface area contributed by atoms with Crippen LogP contribution in [0, 0.1) is 0 Å². The third-order valence-corrected chi connectivity index (χ3v) is 8.53. The van der Waals surface area contributed by atoms with E-state index >= 15 is 0 Å². The van der Waals surface area contributed by atoms with E-state index in [2.05, 4.69) is 20.8 Å². The summed E-state index contributed by atoms with van der Waals surface area (Å²) < 4.78 is 44.3. The van der Waals surface area contributed by atoms with Crippen LogP contribution in [0.15, 0.2) is 0 Å². The minimum Gasteiger partial charge on any atom is -0.462 e. The van der Waals surface area contributed by atoms with Crippen LogP contribution in [-0.4, -0.2) is 98.3 Å². The zero-order valence-electron chi connectivity index (χ0n) is 24.5. The van der Waals surface area contributed by atoms with Crippen molar-refractivity contribution in [1.82, 2.24) is 0 Å². The van der Waals surface area contributed by atoms with Crippen molar-refractivity contribution < 1.29 is 52.3 Å². The number of unbranched alkanes of at least 4 members (excludes halogenated alkanes) is 2. The van der Waals surface area contributed by atoms with Gasteiger partial charge in [0.1, 0.15) is 13.2 Å². The highest BCUT2D eigenvalue weighted by molar-refractivity contribution is 5.72. The third kappa shape index (κ3) is 9.88. The largest absolute Gasteiger partial charge is 0.462 e. The maximum absolute atomic E-state index is 12.6. The van der Waals surface area contributed by atoms with E-state index in [0.29, 0.717) is 12.2 Å². The minimum atomic E-state index is -0.908. The summed E-state index contributed by atoms with van der Waals surface area (Å²) in [6.07, 6.45) is 7.87. The quantitative estimate of drug-likeness (QED) is 0.0852. The van der Waals surface area contributed by atoms with Crippen molar-refractivity contribution in [3.8, 4) is 0 Å². The average Bonchev–Trinajstić information content (AvgIpc) is 3.71. The van der Waals surface area contributed by atoms with Crippen molar-refractivity contribution in [2.75, 3.05) is 13.2 Å². The molecule has 10 atom stereocenters. The summed E-state index contributed by atoms with van der Waals surface area (Å²) in [7, 11) is 0. The highest BCUT2D eigenvalue weighted by atomic mass is 16.6. The van der Waals surface area contributed by atoms with Gasteiger partial charge in [0.25, 0.3) is 0 Å². The van der Waals surface area contributed by atoms with Crippen LogP contribution >= 0.6 is 0 Å². The fourth-order valence-corrected chi connectivity index (χ4v) is 5.62. The predicted octanol–water partition coefficient (Wildman–Crippen LogP) is 3.17. The molecule has 0 aliphatic carbocycles. The van der Waals surface area contributed by atoms with E-state index < -0.39 is 24.0 Å². The van der Waals surface area contributed by atoms with E-state index in [4.69, 9.17) is 37.9 Å². The van der Waals surface area contributed by atoms with E-state index in [-0.39, 0.29) is 81.3 Å². The summed E-state index contributed by atoms with van der Waals surface area (Å²) in [5, 5.41) is 0. The number of ether oxygens (including phenoxy) is 8. The molecule has 232 valence electrons. The minimum absolute atomic E-state index is 0.00953. The summed E-state index contributed by atoms with van der Waals surface area (Å²) in [4.78, 5) is 37.5. The SMILES string of the molecule is CCCCCC1OC1CC(=O)OC(COC(=O)CC1OC1CC1OC1CC)COC(=O)CC1OC1CC1OC1CC. The number of epoxide rings is 5. The molecule has 11 nitrogen and oxygen atoms in total. The van der Waals surface area contributed by atoms with Gasteiger partial charge in [-0.15, -0.1) is 0 Å². The molecule has 41 heavy (non-hydrogen) atoms. The van der Waals surface area contributed by atoms with Crippen LogP contribution in [0.5, 0.6) is 0 Å². The molecule has 11 heteroatoms. The topological polar surface area (TPSA) is 142 Å². The Labute approximate surface area is 242 Å². The van der Waals surface area contributed by atoms with E-state index in [0.717, 1.165) is 51.4 Å². The molecule has 5 rings (SSSR count). The third-order valence-electron chi connectivity index (χ3n) is 8.53. The highest BCUT2D eigenvalue weighted by Gasteiger charge is 2.49. The molecule has 0 aromatic carbocycles. The van der Waals surface area contributed by atoms with Crippen LogP contribution < -0.4 is 0 Å². The molecule has 0 aromatic heterocycles. The Morgan fingerprint density at radius 1 is 0.561 bits per heavy atom. The number of carbonyl (C=O) groups excluding carboxylic acids is 3. The van der Waals surface area contributed by atoms with E-state index in [9.17, 15) is 14.4 Å². The summed E-state index contributed by atoms with van der Waals surface area (Å²) in [6, 6.07) is 0. The van der Waals surface area contributed by atoms with E-state index in [1.165, 1.54) is 0 Å². The smallest absolute Gasteiger partial charge is 0.309 e. The molecule has 0 bridgehead atoms. The number of esters is 3. The predicted molar refractivity (Wildman–Crippen MR) is 143 cm³/mol. The average molecular weight is 583 g/mol. The first-order valence-corrected chi connectivity index (χ1v) is 15.6. The maximum atomic E-state index is 12.6. The Morgan fingerprint density at radius 3 is 1.49 bits per heavy atom. The van der Waals surface area contributed by atoms with Gasteiger partial charge in [-0.3, -0.25) is 14.4 Å². The lowest BCUT2D eigenvalue weighted by Gasteiger charge is -2.18. The van der Waals surface area contributed by atoms with Crippen LogP contribution in [-0.2, 0) is 52.3 Å². The molecule has 0 aromatic rings. The second-order valence-electron chi connectivity index (χ2n) is 11.9. The number of hydrogen-bond donors (Lipinski definition) is 0. The second-order valence-corrected chi connectivity index (χ2v) is 11.9. The first-order chi connectivity index (χ1) is 19.9. The van der Waals surface area contributed by atoms with Crippen LogP contribution in [0.2, 0.25) is 0 Å². The Hall–Kier alpha value is -1.79. The molecule has 5 aliphatic heterocycles. The van der Waals surface area contributed by atoms with Crippen molar-refractivity contribution in [1.29, 1.82) is 0 Å². The monoisotopic (exact) mass is 582 g/mol.